The maximum Gasteiger partial charge on any atom is 0.150 e. The van der Waals surface area contributed by atoms with Gasteiger partial charge in [-0.3, -0.25) is 4.99 Å². The number of nitrogens with zero attached hydrogens (tertiary/aromatic N) is 1. The normalized spacial score (nSPS) is 16.3. The number of halogens is 3. The zero-order chi connectivity index (χ0) is 12.3. The fourth-order valence-electron chi connectivity index (χ4n) is 1.78. The van der Waals surface area contributed by atoms with E-state index in [0.717, 1.165) is 32.2 Å². The fourth-order valence-corrected chi connectivity index (χ4v) is 2.18. The Hall–Kier alpha value is -0.970. The zero-order valence-electron chi connectivity index (χ0n) is 9.27. The van der Waals surface area contributed by atoms with Crippen LogP contribution in [0, 0.1) is 11.6 Å². The van der Waals surface area contributed by atoms with Gasteiger partial charge in [0.2, 0.25) is 0 Å². The van der Waals surface area contributed by atoms with Gasteiger partial charge in [-0.05, 0) is 25.0 Å². The Balaban J connectivity index is 2.20. The van der Waals surface area contributed by atoms with Crippen molar-refractivity contribution in [3.05, 3.63) is 28.2 Å². The summed E-state index contributed by atoms with van der Waals surface area (Å²) in [5.74, 6) is -0.546. The Morgan fingerprint density at radius 1 is 1.12 bits per heavy atom. The average molecular weight is 303 g/mol. The van der Waals surface area contributed by atoms with E-state index < -0.39 is 11.6 Å². The van der Waals surface area contributed by atoms with Crippen molar-refractivity contribution in [2.24, 2.45) is 4.99 Å². The van der Waals surface area contributed by atoms with Crippen molar-refractivity contribution >= 4 is 27.5 Å². The van der Waals surface area contributed by atoms with E-state index in [1.165, 1.54) is 12.1 Å². The van der Waals surface area contributed by atoms with E-state index in [-0.39, 0.29) is 5.69 Å². The molecule has 0 saturated carbocycles. The molecular weight excluding hydrogens is 290 g/mol. The number of amidine groups is 1. The van der Waals surface area contributed by atoms with Gasteiger partial charge in [-0.25, -0.2) is 8.78 Å². The molecule has 1 N–H and O–H groups in total. The van der Waals surface area contributed by atoms with Gasteiger partial charge < -0.3 is 5.32 Å². The molecule has 0 amide bonds. The lowest BCUT2D eigenvalue weighted by molar-refractivity contribution is 0.589. The van der Waals surface area contributed by atoms with E-state index in [1.54, 1.807) is 0 Å². The smallest absolute Gasteiger partial charge is 0.150 e. The summed E-state index contributed by atoms with van der Waals surface area (Å²) in [6.45, 7) is 0.724. The van der Waals surface area contributed by atoms with Crippen molar-refractivity contribution in [3.8, 4) is 0 Å². The molecule has 1 heterocycles. The molecule has 0 unspecified atom stereocenters. The summed E-state index contributed by atoms with van der Waals surface area (Å²) < 4.78 is 27.6. The number of rotatable bonds is 1. The van der Waals surface area contributed by atoms with Gasteiger partial charge in [0.15, 0.2) is 11.6 Å². The van der Waals surface area contributed by atoms with Gasteiger partial charge in [0.05, 0.1) is 0 Å². The summed E-state index contributed by atoms with van der Waals surface area (Å²) in [6, 6.07) is 2.48. The van der Waals surface area contributed by atoms with Crippen LogP contribution < -0.4 is 5.32 Å². The molecule has 17 heavy (non-hydrogen) atoms. The van der Waals surface area contributed by atoms with Gasteiger partial charge in [-0.1, -0.05) is 22.4 Å². The highest BCUT2D eigenvalue weighted by Crippen LogP contribution is 2.24. The Kier molecular flexibility index (Phi) is 4.10. The summed E-state index contributed by atoms with van der Waals surface area (Å²) >= 11 is 3.05. The predicted octanol–water partition coefficient (Wildman–Crippen LogP) is 4.11. The first kappa shape index (κ1) is 12.5. The predicted molar refractivity (Wildman–Crippen MR) is 68.5 cm³/mol. The van der Waals surface area contributed by atoms with Crippen LogP contribution in [0.3, 0.4) is 0 Å². The minimum Gasteiger partial charge on any atom is -0.339 e. The quantitative estimate of drug-likeness (QED) is 0.829. The van der Waals surface area contributed by atoms with Crippen molar-refractivity contribution < 1.29 is 8.78 Å². The van der Waals surface area contributed by atoms with Gasteiger partial charge in [-0.15, -0.1) is 0 Å². The third-order valence-corrected chi connectivity index (χ3v) is 3.11. The number of hydrogen-bond acceptors (Lipinski definition) is 2. The molecule has 0 bridgehead atoms. The lowest BCUT2D eigenvalue weighted by atomic mass is 10.2. The topological polar surface area (TPSA) is 24.4 Å². The molecule has 5 heteroatoms. The average Bonchev–Trinajstić information content (AvgIpc) is 2.51. The molecule has 0 radical (unpaired) electrons. The second kappa shape index (κ2) is 5.58. The van der Waals surface area contributed by atoms with Crippen LogP contribution in [0.1, 0.15) is 25.7 Å². The van der Waals surface area contributed by atoms with Crippen LogP contribution in [0.25, 0.3) is 0 Å². The Morgan fingerprint density at radius 2 is 1.82 bits per heavy atom. The molecule has 92 valence electrons. The summed E-state index contributed by atoms with van der Waals surface area (Å²) in [4.78, 5) is 4.28. The van der Waals surface area contributed by atoms with Crippen LogP contribution in [0.4, 0.5) is 14.5 Å². The fraction of sp³-hybridized carbons (Fsp3) is 0.417. The Labute approximate surface area is 107 Å². The Morgan fingerprint density at radius 3 is 2.53 bits per heavy atom. The molecule has 1 aromatic rings. The highest BCUT2D eigenvalue weighted by Gasteiger charge is 2.13. The molecule has 1 aromatic carbocycles. The molecular formula is C12H13BrF2N2. The molecule has 2 rings (SSSR count). The lowest BCUT2D eigenvalue weighted by Crippen LogP contribution is -2.14. The van der Waals surface area contributed by atoms with Crippen molar-refractivity contribution in [2.45, 2.75) is 25.7 Å². The number of nitrogens with one attached hydrogen (secondary N) is 1. The van der Waals surface area contributed by atoms with Crippen molar-refractivity contribution in [1.29, 1.82) is 0 Å². The highest BCUT2D eigenvalue weighted by atomic mass is 79.9. The number of anilines is 1. The van der Waals surface area contributed by atoms with Crippen molar-refractivity contribution in [1.82, 2.24) is 0 Å². The van der Waals surface area contributed by atoms with E-state index in [2.05, 4.69) is 26.2 Å². The third-order valence-electron chi connectivity index (χ3n) is 2.65. The van der Waals surface area contributed by atoms with Crippen molar-refractivity contribution in [2.75, 3.05) is 11.9 Å². The highest BCUT2D eigenvalue weighted by molar-refractivity contribution is 9.10. The van der Waals surface area contributed by atoms with Gasteiger partial charge in [0, 0.05) is 17.4 Å². The minimum atomic E-state index is -0.608. The molecule has 0 atom stereocenters. The van der Waals surface area contributed by atoms with Crippen molar-refractivity contribution in [3.63, 3.8) is 0 Å². The second-order valence-electron chi connectivity index (χ2n) is 4.01. The molecule has 2 nitrogen and oxygen atoms in total. The molecule has 0 saturated heterocycles. The first-order valence-electron chi connectivity index (χ1n) is 5.62. The van der Waals surface area contributed by atoms with E-state index >= 15 is 0 Å². The monoisotopic (exact) mass is 302 g/mol. The minimum absolute atomic E-state index is 0.117. The first-order valence-corrected chi connectivity index (χ1v) is 6.41. The van der Waals surface area contributed by atoms with Gasteiger partial charge >= 0.3 is 0 Å². The summed E-state index contributed by atoms with van der Waals surface area (Å²) in [5, 5.41) is 2.76. The molecule has 1 aliphatic rings. The SMILES string of the molecule is Fc1cc(Br)cc(F)c1NC1=NCCCCC1. The summed E-state index contributed by atoms with van der Waals surface area (Å²) in [7, 11) is 0. The largest absolute Gasteiger partial charge is 0.339 e. The van der Waals surface area contributed by atoms with E-state index in [1.807, 2.05) is 0 Å². The van der Waals surface area contributed by atoms with E-state index in [0.29, 0.717) is 10.3 Å². The van der Waals surface area contributed by atoms with Crippen LogP contribution >= 0.6 is 15.9 Å². The molecule has 0 spiro atoms. The van der Waals surface area contributed by atoms with E-state index in [9.17, 15) is 8.78 Å². The van der Waals surface area contributed by atoms with Gasteiger partial charge in [-0.2, -0.15) is 0 Å². The first-order chi connectivity index (χ1) is 8.16. The lowest BCUT2D eigenvalue weighted by Gasteiger charge is -2.10. The van der Waals surface area contributed by atoms with Crippen LogP contribution in [0.2, 0.25) is 0 Å². The second-order valence-corrected chi connectivity index (χ2v) is 4.92. The zero-order valence-corrected chi connectivity index (χ0v) is 10.9. The molecule has 0 aromatic heterocycles. The number of aliphatic imine (C=N–C) groups is 1. The van der Waals surface area contributed by atoms with Crippen LogP contribution in [-0.4, -0.2) is 12.4 Å². The van der Waals surface area contributed by atoms with Crippen LogP contribution in [0.15, 0.2) is 21.6 Å². The van der Waals surface area contributed by atoms with Crippen LogP contribution in [0.5, 0.6) is 0 Å². The van der Waals surface area contributed by atoms with Gasteiger partial charge in [0.25, 0.3) is 0 Å². The molecule has 1 aliphatic heterocycles. The van der Waals surface area contributed by atoms with Crippen LogP contribution in [-0.2, 0) is 0 Å². The summed E-state index contributed by atoms with van der Waals surface area (Å²) in [6.07, 6.45) is 3.90. The Bertz CT molecular complexity index is 423. The number of hydrogen-bond donors (Lipinski definition) is 1. The molecule has 0 aliphatic carbocycles. The van der Waals surface area contributed by atoms with E-state index in [4.69, 9.17) is 0 Å². The third kappa shape index (κ3) is 3.25. The van der Waals surface area contributed by atoms with Gasteiger partial charge in [0.1, 0.15) is 11.5 Å². The summed E-state index contributed by atoms with van der Waals surface area (Å²) in [5.41, 5.74) is -0.117. The standard InChI is InChI=1S/C12H13BrF2N2/c13-8-6-9(14)12(10(15)7-8)17-11-4-2-1-3-5-16-11/h6-7H,1-5H2,(H,16,17). The number of benzene rings is 1. The maximum absolute atomic E-state index is 13.6. The maximum atomic E-state index is 13.6. The molecule has 0 fully saturated rings.